The van der Waals surface area contributed by atoms with Crippen molar-refractivity contribution in [1.29, 1.82) is 0 Å². The molecule has 0 radical (unpaired) electrons. The zero-order valence-corrected chi connectivity index (χ0v) is 19.0. The molecule has 1 N–H and O–H groups in total. The van der Waals surface area contributed by atoms with E-state index in [2.05, 4.69) is 39.9 Å². The Bertz CT molecular complexity index is 1030. The van der Waals surface area contributed by atoms with Gasteiger partial charge in [-0.15, -0.1) is 0 Å². The van der Waals surface area contributed by atoms with Gasteiger partial charge in [0, 0.05) is 13.1 Å². The first-order chi connectivity index (χ1) is 15.2. The highest BCUT2D eigenvalue weighted by atomic mass is 32.2. The number of hydrogen-bond acceptors (Lipinski definition) is 5. The number of methoxy groups -OCH3 is 1. The van der Waals surface area contributed by atoms with Crippen LogP contribution in [0.4, 0.5) is 0 Å². The zero-order chi connectivity index (χ0) is 21.6. The summed E-state index contributed by atoms with van der Waals surface area (Å²) in [6.07, 6.45) is 2.41. The number of fused-ring (bicyclic) bond motifs is 1. The van der Waals surface area contributed by atoms with Gasteiger partial charge in [0.25, 0.3) is 0 Å². The van der Waals surface area contributed by atoms with E-state index in [1.807, 2.05) is 30.3 Å². The molecule has 7 heteroatoms. The minimum atomic E-state index is 0.0341. The van der Waals surface area contributed by atoms with Crippen molar-refractivity contribution in [3.05, 3.63) is 54.1 Å². The summed E-state index contributed by atoms with van der Waals surface area (Å²) >= 11 is 1.50. The molecule has 1 unspecified atom stereocenters. The van der Waals surface area contributed by atoms with Gasteiger partial charge in [-0.3, -0.25) is 9.69 Å². The van der Waals surface area contributed by atoms with Gasteiger partial charge >= 0.3 is 0 Å². The van der Waals surface area contributed by atoms with Crippen LogP contribution in [0.5, 0.6) is 5.75 Å². The molecule has 1 fully saturated rings. The van der Waals surface area contributed by atoms with Crippen LogP contribution < -0.4 is 10.1 Å². The smallest absolute Gasteiger partial charge is 0.230 e. The van der Waals surface area contributed by atoms with Gasteiger partial charge in [0.05, 0.1) is 29.9 Å². The predicted molar refractivity (Wildman–Crippen MR) is 126 cm³/mol. The summed E-state index contributed by atoms with van der Waals surface area (Å²) in [4.78, 5) is 19.9. The molecular weight excluding hydrogens is 408 g/mol. The van der Waals surface area contributed by atoms with Gasteiger partial charge in [-0.25, -0.2) is 4.98 Å². The molecule has 3 aromatic rings. The lowest BCUT2D eigenvalue weighted by Crippen LogP contribution is -2.37. The number of thioether (sulfide) groups is 1. The number of aromatic nitrogens is 2. The Morgan fingerprint density at radius 2 is 2.00 bits per heavy atom. The van der Waals surface area contributed by atoms with Crippen molar-refractivity contribution in [3.63, 3.8) is 0 Å². The molecule has 1 aliphatic heterocycles. The lowest BCUT2D eigenvalue weighted by atomic mass is 10.0. The third-order valence-corrected chi connectivity index (χ3v) is 6.80. The molecule has 0 spiro atoms. The van der Waals surface area contributed by atoms with E-state index in [4.69, 9.17) is 9.72 Å². The maximum absolute atomic E-state index is 12.7. The maximum atomic E-state index is 12.7. The van der Waals surface area contributed by atoms with Gasteiger partial charge in [0.2, 0.25) is 5.91 Å². The summed E-state index contributed by atoms with van der Waals surface area (Å²) < 4.78 is 7.57. The van der Waals surface area contributed by atoms with Gasteiger partial charge in [0.15, 0.2) is 5.16 Å². The summed E-state index contributed by atoms with van der Waals surface area (Å²) in [5, 5.41) is 4.05. The summed E-state index contributed by atoms with van der Waals surface area (Å²) in [5.74, 6) is 1.24. The fourth-order valence-electron chi connectivity index (χ4n) is 4.22. The number of benzene rings is 2. The number of hydrogen-bond donors (Lipinski definition) is 1. The van der Waals surface area contributed by atoms with E-state index in [0.29, 0.717) is 12.3 Å². The average molecular weight is 439 g/mol. The highest BCUT2D eigenvalue weighted by Crippen LogP contribution is 2.27. The third kappa shape index (κ3) is 5.05. The fourth-order valence-corrected chi connectivity index (χ4v) is 5.13. The quantitative estimate of drug-likeness (QED) is 0.510. The van der Waals surface area contributed by atoms with Crippen LogP contribution in [-0.2, 0) is 11.3 Å². The largest absolute Gasteiger partial charge is 0.497 e. The molecule has 4 rings (SSSR count). The number of likely N-dealkylation sites (tertiary alicyclic amines) is 1. The first kappa shape index (κ1) is 21.7. The Labute approximate surface area is 188 Å². The SMILES string of the molecule is CCn1c(SCC(=O)NCC(c2cccc(OC)c2)N2CCCC2)nc2ccccc21. The Balaban J connectivity index is 1.40. The topological polar surface area (TPSA) is 59.4 Å². The van der Waals surface area contributed by atoms with Crippen LogP contribution in [0, 0.1) is 0 Å². The van der Waals surface area contributed by atoms with Crippen LogP contribution >= 0.6 is 11.8 Å². The van der Waals surface area contributed by atoms with E-state index in [0.717, 1.165) is 41.6 Å². The molecular formula is C24H30N4O2S. The summed E-state index contributed by atoms with van der Waals surface area (Å²) in [6, 6.07) is 16.4. The Morgan fingerprint density at radius 3 is 2.77 bits per heavy atom. The van der Waals surface area contributed by atoms with E-state index in [9.17, 15) is 4.79 Å². The number of ether oxygens (including phenoxy) is 1. The van der Waals surface area contributed by atoms with Crippen LogP contribution in [0.2, 0.25) is 0 Å². The van der Waals surface area contributed by atoms with Gasteiger partial charge < -0.3 is 14.6 Å². The van der Waals surface area contributed by atoms with Crippen molar-refractivity contribution in [2.24, 2.45) is 0 Å². The summed E-state index contributed by atoms with van der Waals surface area (Å²) in [5.41, 5.74) is 3.27. The Hall–Kier alpha value is -2.51. The molecule has 1 atom stereocenters. The normalized spacial score (nSPS) is 15.3. The van der Waals surface area contributed by atoms with Crippen LogP contribution in [0.3, 0.4) is 0 Å². The number of para-hydroxylation sites is 2. The van der Waals surface area contributed by atoms with Gasteiger partial charge in [-0.2, -0.15) is 0 Å². The number of carbonyl (C=O) groups is 1. The van der Waals surface area contributed by atoms with E-state index >= 15 is 0 Å². The molecule has 1 amide bonds. The average Bonchev–Trinajstić information content (AvgIpc) is 3.45. The van der Waals surface area contributed by atoms with E-state index in [-0.39, 0.29) is 11.9 Å². The number of aryl methyl sites for hydroxylation is 1. The molecule has 1 aromatic heterocycles. The van der Waals surface area contributed by atoms with Crippen LogP contribution in [0.15, 0.2) is 53.7 Å². The summed E-state index contributed by atoms with van der Waals surface area (Å²) in [7, 11) is 1.69. The van der Waals surface area contributed by atoms with Crippen molar-refractivity contribution >= 4 is 28.7 Å². The second-order valence-electron chi connectivity index (χ2n) is 7.76. The highest BCUT2D eigenvalue weighted by Gasteiger charge is 2.24. The summed E-state index contributed by atoms with van der Waals surface area (Å²) in [6.45, 7) is 5.65. The number of carbonyl (C=O) groups excluding carboxylic acids is 1. The lowest BCUT2D eigenvalue weighted by molar-refractivity contribution is -0.118. The predicted octanol–water partition coefficient (Wildman–Crippen LogP) is 4.11. The number of nitrogens with zero attached hydrogens (tertiary/aromatic N) is 3. The molecule has 0 bridgehead atoms. The molecule has 6 nitrogen and oxygen atoms in total. The van der Waals surface area contributed by atoms with E-state index in [1.54, 1.807) is 7.11 Å². The van der Waals surface area contributed by atoms with E-state index < -0.39 is 0 Å². The third-order valence-electron chi connectivity index (χ3n) is 5.82. The van der Waals surface area contributed by atoms with Crippen LogP contribution in [-0.4, -0.2) is 52.9 Å². The Morgan fingerprint density at radius 1 is 1.19 bits per heavy atom. The van der Waals surface area contributed by atoms with Gasteiger partial charge in [0.1, 0.15) is 5.75 Å². The molecule has 31 heavy (non-hydrogen) atoms. The minimum absolute atomic E-state index is 0.0341. The number of imidazole rings is 1. The van der Waals surface area contributed by atoms with Crippen molar-refractivity contribution in [3.8, 4) is 5.75 Å². The fraction of sp³-hybridized carbons (Fsp3) is 0.417. The van der Waals surface area contributed by atoms with Gasteiger partial charge in [-0.1, -0.05) is 36.0 Å². The molecule has 0 saturated carbocycles. The van der Waals surface area contributed by atoms with Gasteiger partial charge in [-0.05, 0) is 62.7 Å². The molecule has 164 valence electrons. The van der Waals surface area contributed by atoms with Crippen LogP contribution in [0.25, 0.3) is 11.0 Å². The first-order valence-corrected chi connectivity index (χ1v) is 11.9. The lowest BCUT2D eigenvalue weighted by Gasteiger charge is -2.28. The first-order valence-electron chi connectivity index (χ1n) is 10.9. The van der Waals surface area contributed by atoms with Crippen molar-refractivity contribution in [2.75, 3.05) is 32.5 Å². The van der Waals surface area contributed by atoms with Crippen molar-refractivity contribution in [1.82, 2.24) is 19.8 Å². The number of rotatable bonds is 9. The number of amides is 1. The van der Waals surface area contributed by atoms with Crippen molar-refractivity contribution < 1.29 is 9.53 Å². The Kier molecular flexibility index (Phi) is 7.14. The molecule has 1 saturated heterocycles. The molecule has 2 heterocycles. The molecule has 1 aliphatic rings. The number of nitrogens with one attached hydrogen (secondary N) is 1. The van der Waals surface area contributed by atoms with Crippen molar-refractivity contribution in [2.45, 2.75) is 37.5 Å². The minimum Gasteiger partial charge on any atom is -0.497 e. The molecule has 2 aromatic carbocycles. The van der Waals surface area contributed by atoms with Crippen LogP contribution in [0.1, 0.15) is 31.4 Å². The standard InChI is InChI=1S/C24H30N4O2S/c1-3-28-21-12-5-4-11-20(21)26-24(28)31-17-23(29)25-16-22(27-13-6-7-14-27)18-9-8-10-19(15-18)30-2/h4-5,8-12,15,22H,3,6-7,13-14,16-17H2,1-2H3,(H,25,29). The maximum Gasteiger partial charge on any atom is 0.230 e. The molecule has 0 aliphatic carbocycles. The zero-order valence-electron chi connectivity index (χ0n) is 18.2. The second kappa shape index (κ2) is 10.2. The van der Waals surface area contributed by atoms with E-state index in [1.165, 1.54) is 30.2 Å². The second-order valence-corrected chi connectivity index (χ2v) is 8.70. The highest BCUT2D eigenvalue weighted by molar-refractivity contribution is 7.99. The monoisotopic (exact) mass is 438 g/mol.